The maximum Gasteiger partial charge on any atom is 0.251 e. The molecule has 1 heterocycles. The molecule has 0 aliphatic rings. The van der Waals surface area contributed by atoms with E-state index >= 15 is 0 Å². The first-order valence-electron chi connectivity index (χ1n) is 6.02. The first-order valence-corrected chi connectivity index (χ1v) is 6.02. The van der Waals surface area contributed by atoms with E-state index in [9.17, 15) is 4.79 Å². The van der Waals surface area contributed by atoms with Gasteiger partial charge in [-0.2, -0.15) is 0 Å². The van der Waals surface area contributed by atoms with Crippen molar-refractivity contribution in [1.29, 1.82) is 0 Å². The largest absolute Gasteiger partial charge is 0.322 e. The second kappa shape index (κ2) is 5.15. The zero-order chi connectivity index (χ0) is 12.3. The Morgan fingerprint density at radius 2 is 2.12 bits per heavy atom. The summed E-state index contributed by atoms with van der Waals surface area (Å²) in [6.45, 7) is 2.94. The number of rotatable bonds is 4. The first kappa shape index (κ1) is 11.9. The Labute approximate surface area is 101 Å². The molecular weight excluding hydrogens is 212 g/mol. The number of likely N-dealkylation sites (N-methyl/N-ethyl adjacent to an activating group) is 1. The lowest BCUT2D eigenvalue weighted by Crippen LogP contribution is -2.23. The highest BCUT2D eigenvalue weighted by Gasteiger charge is 2.13. The van der Waals surface area contributed by atoms with Crippen LogP contribution in [-0.2, 0) is 0 Å². The summed E-state index contributed by atoms with van der Waals surface area (Å²) < 4.78 is 0. The molecule has 1 aromatic carbocycles. The lowest BCUT2D eigenvalue weighted by Gasteiger charge is -2.14. The van der Waals surface area contributed by atoms with Gasteiger partial charge in [0.15, 0.2) is 0 Å². The Morgan fingerprint density at radius 1 is 1.35 bits per heavy atom. The first-order chi connectivity index (χ1) is 8.26. The van der Waals surface area contributed by atoms with Crippen LogP contribution in [0.4, 0.5) is 0 Å². The second-order valence-corrected chi connectivity index (χ2v) is 4.30. The van der Waals surface area contributed by atoms with E-state index in [-0.39, 0.29) is 11.5 Å². The maximum atomic E-state index is 12.0. The average molecular weight is 230 g/mol. The van der Waals surface area contributed by atoms with E-state index in [1.54, 1.807) is 0 Å². The smallest absolute Gasteiger partial charge is 0.251 e. The lowest BCUT2D eigenvalue weighted by molar-refractivity contribution is 0.607. The molecule has 0 bridgehead atoms. The van der Waals surface area contributed by atoms with Crippen LogP contribution in [-0.4, -0.2) is 18.6 Å². The molecule has 0 radical (unpaired) electrons. The third-order valence-electron chi connectivity index (χ3n) is 3.17. The second-order valence-electron chi connectivity index (χ2n) is 4.30. The van der Waals surface area contributed by atoms with E-state index in [4.69, 9.17) is 0 Å². The van der Waals surface area contributed by atoms with Gasteiger partial charge in [-0.3, -0.25) is 4.79 Å². The highest BCUT2D eigenvalue weighted by atomic mass is 16.1. The van der Waals surface area contributed by atoms with E-state index in [0.29, 0.717) is 0 Å². The van der Waals surface area contributed by atoms with Crippen molar-refractivity contribution >= 4 is 10.9 Å². The molecule has 90 valence electrons. The molecule has 2 N–H and O–H groups in total. The van der Waals surface area contributed by atoms with Gasteiger partial charge in [-0.05, 0) is 31.0 Å². The fourth-order valence-electron chi connectivity index (χ4n) is 2.19. The highest BCUT2D eigenvalue weighted by Crippen LogP contribution is 2.18. The standard InChI is InChI=1S/C14H18N2O/c1-3-10(9-15-2)12-8-11-6-4-5-7-13(11)16-14(12)17/h4-8,10,15H,3,9H2,1-2H3,(H,16,17). The number of H-pyrrole nitrogens is 1. The van der Waals surface area contributed by atoms with Crippen LogP contribution in [0.15, 0.2) is 35.1 Å². The number of benzene rings is 1. The van der Waals surface area contributed by atoms with Gasteiger partial charge in [0.1, 0.15) is 0 Å². The van der Waals surface area contributed by atoms with E-state index < -0.39 is 0 Å². The van der Waals surface area contributed by atoms with Gasteiger partial charge >= 0.3 is 0 Å². The van der Waals surface area contributed by atoms with Gasteiger partial charge in [0.05, 0.1) is 0 Å². The van der Waals surface area contributed by atoms with Gasteiger partial charge in [-0.25, -0.2) is 0 Å². The number of para-hydroxylation sites is 1. The Balaban J connectivity index is 2.53. The SMILES string of the molecule is CCC(CNC)c1cc2ccccc2[nH]c1=O. The van der Waals surface area contributed by atoms with E-state index in [1.807, 2.05) is 37.4 Å². The number of hydrogen-bond acceptors (Lipinski definition) is 2. The molecule has 0 saturated carbocycles. The van der Waals surface area contributed by atoms with Crippen molar-refractivity contribution in [1.82, 2.24) is 10.3 Å². The number of fused-ring (bicyclic) bond motifs is 1. The van der Waals surface area contributed by atoms with E-state index in [2.05, 4.69) is 17.2 Å². The predicted molar refractivity (Wildman–Crippen MR) is 71.5 cm³/mol. The van der Waals surface area contributed by atoms with Gasteiger partial charge in [-0.1, -0.05) is 25.1 Å². The normalized spacial score (nSPS) is 12.8. The molecule has 0 saturated heterocycles. The molecule has 0 spiro atoms. The Kier molecular flexibility index (Phi) is 3.59. The van der Waals surface area contributed by atoms with Crippen molar-refractivity contribution in [2.45, 2.75) is 19.3 Å². The zero-order valence-corrected chi connectivity index (χ0v) is 10.3. The summed E-state index contributed by atoms with van der Waals surface area (Å²) in [5.74, 6) is 0.272. The molecule has 1 atom stereocenters. The highest BCUT2D eigenvalue weighted by molar-refractivity contribution is 5.78. The minimum absolute atomic E-state index is 0.0331. The van der Waals surface area contributed by atoms with Crippen molar-refractivity contribution in [3.8, 4) is 0 Å². The third-order valence-corrected chi connectivity index (χ3v) is 3.17. The summed E-state index contributed by atoms with van der Waals surface area (Å²) in [6, 6.07) is 9.90. The summed E-state index contributed by atoms with van der Waals surface area (Å²) in [7, 11) is 1.91. The summed E-state index contributed by atoms with van der Waals surface area (Å²) in [4.78, 5) is 15.0. The molecule has 0 amide bonds. The van der Waals surface area contributed by atoms with Crippen molar-refractivity contribution in [3.05, 3.63) is 46.2 Å². The molecule has 0 aliphatic heterocycles. The Hall–Kier alpha value is -1.61. The number of aromatic amines is 1. The minimum Gasteiger partial charge on any atom is -0.322 e. The fraction of sp³-hybridized carbons (Fsp3) is 0.357. The number of pyridine rings is 1. The van der Waals surface area contributed by atoms with Crippen LogP contribution in [0.1, 0.15) is 24.8 Å². The van der Waals surface area contributed by atoms with Crippen molar-refractivity contribution in [3.63, 3.8) is 0 Å². The van der Waals surface area contributed by atoms with Gasteiger partial charge < -0.3 is 10.3 Å². The number of hydrogen-bond donors (Lipinski definition) is 2. The van der Waals surface area contributed by atoms with Crippen LogP contribution in [0.25, 0.3) is 10.9 Å². The van der Waals surface area contributed by atoms with Crippen LogP contribution in [0.5, 0.6) is 0 Å². The molecule has 1 aromatic heterocycles. The monoisotopic (exact) mass is 230 g/mol. The molecule has 2 aromatic rings. The third kappa shape index (κ3) is 2.39. The quantitative estimate of drug-likeness (QED) is 0.846. The summed E-state index contributed by atoms with van der Waals surface area (Å²) >= 11 is 0. The minimum atomic E-state index is 0.0331. The maximum absolute atomic E-state index is 12.0. The number of aromatic nitrogens is 1. The average Bonchev–Trinajstić information content (AvgIpc) is 2.35. The van der Waals surface area contributed by atoms with Crippen LogP contribution in [0.2, 0.25) is 0 Å². The molecule has 3 heteroatoms. The van der Waals surface area contributed by atoms with Crippen molar-refractivity contribution in [2.75, 3.05) is 13.6 Å². The molecule has 0 fully saturated rings. The van der Waals surface area contributed by atoms with Gasteiger partial charge in [-0.15, -0.1) is 0 Å². The topological polar surface area (TPSA) is 44.9 Å². The summed E-state index contributed by atoms with van der Waals surface area (Å²) in [6.07, 6.45) is 0.961. The van der Waals surface area contributed by atoms with E-state index in [1.165, 1.54) is 0 Å². The molecule has 3 nitrogen and oxygen atoms in total. The molecule has 17 heavy (non-hydrogen) atoms. The van der Waals surface area contributed by atoms with Gasteiger partial charge in [0.2, 0.25) is 0 Å². The molecule has 1 unspecified atom stereocenters. The van der Waals surface area contributed by atoms with Crippen molar-refractivity contribution in [2.24, 2.45) is 0 Å². The lowest BCUT2D eigenvalue weighted by atomic mass is 9.96. The molecule has 2 rings (SSSR count). The zero-order valence-electron chi connectivity index (χ0n) is 10.3. The van der Waals surface area contributed by atoms with Crippen molar-refractivity contribution < 1.29 is 0 Å². The Morgan fingerprint density at radius 3 is 2.82 bits per heavy atom. The molecular formula is C14H18N2O. The Bertz CT molecular complexity index is 559. The van der Waals surface area contributed by atoms with E-state index in [0.717, 1.165) is 29.4 Å². The summed E-state index contributed by atoms with van der Waals surface area (Å²) in [5, 5.41) is 4.23. The fourth-order valence-corrected chi connectivity index (χ4v) is 2.19. The van der Waals surface area contributed by atoms with Crippen LogP contribution in [0.3, 0.4) is 0 Å². The van der Waals surface area contributed by atoms with Crippen LogP contribution >= 0.6 is 0 Å². The van der Waals surface area contributed by atoms with Gasteiger partial charge in [0, 0.05) is 23.5 Å². The molecule has 0 aliphatic carbocycles. The van der Waals surface area contributed by atoms with Gasteiger partial charge in [0.25, 0.3) is 5.56 Å². The summed E-state index contributed by atoms with van der Waals surface area (Å²) in [5.41, 5.74) is 1.81. The van der Waals surface area contributed by atoms with Crippen LogP contribution < -0.4 is 10.9 Å². The number of nitrogens with one attached hydrogen (secondary N) is 2. The predicted octanol–water partition coefficient (Wildman–Crippen LogP) is 2.24. The van der Waals surface area contributed by atoms with Crippen LogP contribution in [0, 0.1) is 0 Å².